The Hall–Kier alpha value is -1.96. The fourth-order valence-electron chi connectivity index (χ4n) is 2.89. The van der Waals surface area contributed by atoms with E-state index in [1.54, 1.807) is 18.5 Å². The van der Waals surface area contributed by atoms with Crippen LogP contribution in [0.25, 0.3) is 0 Å². The highest BCUT2D eigenvalue weighted by atomic mass is 35.5. The molecule has 0 saturated carbocycles. The van der Waals surface area contributed by atoms with Crippen molar-refractivity contribution in [2.45, 2.75) is 18.9 Å². The fourth-order valence-corrected chi connectivity index (χ4v) is 4.31. The van der Waals surface area contributed by atoms with Gasteiger partial charge < -0.3 is 10.6 Å². The summed E-state index contributed by atoms with van der Waals surface area (Å²) < 4.78 is 13.7. The summed E-state index contributed by atoms with van der Waals surface area (Å²) >= 11 is 13.8. The predicted molar refractivity (Wildman–Crippen MR) is 103 cm³/mol. The number of hydrogen-bond donors (Lipinski definition) is 2. The number of anilines is 2. The van der Waals surface area contributed by atoms with Crippen LogP contribution in [-0.4, -0.2) is 21.5 Å². The van der Waals surface area contributed by atoms with Crippen molar-refractivity contribution < 1.29 is 4.39 Å². The van der Waals surface area contributed by atoms with E-state index in [1.165, 1.54) is 17.4 Å². The number of pyridine rings is 2. The summed E-state index contributed by atoms with van der Waals surface area (Å²) in [5, 5.41) is 8.09. The molecule has 26 heavy (non-hydrogen) atoms. The lowest BCUT2D eigenvalue weighted by atomic mass is 9.99. The summed E-state index contributed by atoms with van der Waals surface area (Å²) in [6.45, 7) is 1.03. The van der Waals surface area contributed by atoms with Crippen LogP contribution in [0.1, 0.15) is 22.1 Å². The van der Waals surface area contributed by atoms with Gasteiger partial charge in [-0.2, -0.15) is 0 Å². The van der Waals surface area contributed by atoms with Crippen LogP contribution in [0, 0.1) is 5.82 Å². The molecule has 9 heteroatoms. The first kappa shape index (κ1) is 17.5. The molecule has 1 aliphatic heterocycles. The maximum atomic E-state index is 13.7. The van der Waals surface area contributed by atoms with Crippen LogP contribution in [0.15, 0.2) is 30.6 Å². The van der Waals surface area contributed by atoms with Crippen molar-refractivity contribution in [3.05, 3.63) is 62.7 Å². The van der Waals surface area contributed by atoms with Gasteiger partial charge in [0.2, 0.25) is 0 Å². The van der Waals surface area contributed by atoms with Crippen molar-refractivity contribution in [2.24, 2.45) is 0 Å². The Morgan fingerprint density at radius 3 is 3.08 bits per heavy atom. The number of hydrogen-bond acceptors (Lipinski definition) is 6. The molecule has 1 unspecified atom stereocenters. The number of halogens is 3. The largest absolute Gasteiger partial charge is 0.369 e. The van der Waals surface area contributed by atoms with Crippen LogP contribution in [0.4, 0.5) is 15.3 Å². The Morgan fingerprint density at radius 1 is 1.35 bits per heavy atom. The molecular weight excluding hydrogens is 396 g/mol. The molecule has 4 heterocycles. The maximum Gasteiger partial charge on any atom is 0.184 e. The SMILES string of the molecule is Fc1cccnc1CNc1nc(Cl)c(CC2CNc3ncc(Cl)cc32)s1. The van der Waals surface area contributed by atoms with Gasteiger partial charge in [0.1, 0.15) is 16.8 Å². The average Bonchev–Trinajstić information content (AvgIpc) is 3.18. The van der Waals surface area contributed by atoms with Crippen LogP contribution in [0.3, 0.4) is 0 Å². The molecule has 0 aromatic carbocycles. The third-order valence-corrected chi connectivity index (χ3v) is 5.83. The Balaban J connectivity index is 1.46. The highest BCUT2D eigenvalue weighted by Crippen LogP contribution is 2.37. The van der Waals surface area contributed by atoms with E-state index in [1.807, 2.05) is 6.07 Å². The van der Waals surface area contributed by atoms with E-state index in [2.05, 4.69) is 25.6 Å². The lowest BCUT2D eigenvalue weighted by Gasteiger charge is -2.08. The van der Waals surface area contributed by atoms with Gasteiger partial charge in [0.25, 0.3) is 0 Å². The normalized spacial score (nSPS) is 15.6. The van der Waals surface area contributed by atoms with Gasteiger partial charge in [-0.15, -0.1) is 11.3 Å². The standard InChI is InChI=1S/C17H14Cl2FN5S/c18-10-5-11-9(6-22-16(11)23-7-10)4-14-15(19)25-17(26-14)24-8-13-12(20)2-1-3-21-13/h1-3,5,7,9H,4,6,8H2,(H,22,23)(H,24,25). The molecule has 0 radical (unpaired) electrons. The number of nitrogens with zero attached hydrogens (tertiary/aromatic N) is 3. The minimum absolute atomic E-state index is 0.232. The second-order valence-electron chi connectivity index (χ2n) is 5.89. The summed E-state index contributed by atoms with van der Waals surface area (Å²) in [6, 6.07) is 4.88. The van der Waals surface area contributed by atoms with Crippen LogP contribution >= 0.6 is 34.5 Å². The van der Waals surface area contributed by atoms with E-state index < -0.39 is 0 Å². The smallest absolute Gasteiger partial charge is 0.184 e. The second kappa shape index (κ2) is 7.34. The van der Waals surface area contributed by atoms with Gasteiger partial charge in [-0.1, -0.05) is 23.2 Å². The lowest BCUT2D eigenvalue weighted by molar-refractivity contribution is 0.602. The zero-order valence-electron chi connectivity index (χ0n) is 13.5. The molecular formula is C17H14Cl2FN5S. The highest BCUT2D eigenvalue weighted by Gasteiger charge is 2.26. The van der Waals surface area contributed by atoms with Crippen molar-refractivity contribution in [1.82, 2.24) is 15.0 Å². The van der Waals surface area contributed by atoms with Crippen molar-refractivity contribution >= 4 is 45.5 Å². The van der Waals surface area contributed by atoms with Gasteiger partial charge >= 0.3 is 0 Å². The monoisotopic (exact) mass is 409 g/mol. The molecule has 3 aromatic rings. The van der Waals surface area contributed by atoms with Gasteiger partial charge in [0.15, 0.2) is 5.13 Å². The lowest BCUT2D eigenvalue weighted by Crippen LogP contribution is -2.04. The fraction of sp³-hybridized carbons (Fsp3) is 0.235. The quantitative estimate of drug-likeness (QED) is 0.636. The van der Waals surface area contributed by atoms with Gasteiger partial charge in [0, 0.05) is 35.3 Å². The Kier molecular flexibility index (Phi) is 4.93. The van der Waals surface area contributed by atoms with Gasteiger partial charge in [-0.05, 0) is 24.6 Å². The zero-order valence-corrected chi connectivity index (χ0v) is 15.8. The molecule has 1 atom stereocenters. The maximum absolute atomic E-state index is 13.7. The molecule has 2 N–H and O–H groups in total. The minimum atomic E-state index is -0.346. The van der Waals surface area contributed by atoms with Gasteiger partial charge in [0.05, 0.1) is 17.3 Å². The molecule has 134 valence electrons. The van der Waals surface area contributed by atoms with Crippen LogP contribution in [0.2, 0.25) is 10.2 Å². The van der Waals surface area contributed by atoms with E-state index in [9.17, 15) is 4.39 Å². The van der Waals surface area contributed by atoms with E-state index >= 15 is 0 Å². The molecule has 3 aromatic heterocycles. The Labute approximate surface area is 163 Å². The number of thiazole rings is 1. The summed E-state index contributed by atoms with van der Waals surface area (Å²) in [5.41, 5.74) is 1.43. The Morgan fingerprint density at radius 2 is 2.23 bits per heavy atom. The molecule has 0 bridgehead atoms. The van der Waals surface area contributed by atoms with Crippen molar-refractivity contribution in [3.8, 4) is 0 Å². The molecule has 5 nitrogen and oxygen atoms in total. The zero-order chi connectivity index (χ0) is 18.1. The first-order valence-corrected chi connectivity index (χ1v) is 9.55. The molecule has 0 spiro atoms. The molecule has 0 aliphatic carbocycles. The molecule has 0 fully saturated rings. The first-order chi connectivity index (χ1) is 12.6. The van der Waals surface area contributed by atoms with Crippen LogP contribution in [-0.2, 0) is 13.0 Å². The average molecular weight is 410 g/mol. The van der Waals surface area contributed by atoms with Crippen molar-refractivity contribution in [1.29, 1.82) is 0 Å². The second-order valence-corrected chi connectivity index (χ2v) is 7.77. The predicted octanol–water partition coefficient (Wildman–Crippen LogP) is 4.74. The summed E-state index contributed by atoms with van der Waals surface area (Å²) in [7, 11) is 0. The number of rotatable bonds is 5. The number of aromatic nitrogens is 3. The number of fused-ring (bicyclic) bond motifs is 1. The topological polar surface area (TPSA) is 62.7 Å². The van der Waals surface area contributed by atoms with E-state index in [0.29, 0.717) is 21.0 Å². The summed E-state index contributed by atoms with van der Waals surface area (Å²) in [4.78, 5) is 13.6. The van der Waals surface area contributed by atoms with Crippen molar-refractivity contribution in [3.63, 3.8) is 0 Å². The highest BCUT2D eigenvalue weighted by molar-refractivity contribution is 7.16. The number of nitrogens with one attached hydrogen (secondary N) is 2. The van der Waals surface area contributed by atoms with Crippen LogP contribution in [0.5, 0.6) is 0 Å². The van der Waals surface area contributed by atoms with E-state index in [4.69, 9.17) is 23.2 Å². The Bertz CT molecular complexity index is 949. The van der Waals surface area contributed by atoms with Gasteiger partial charge in [-0.3, -0.25) is 4.98 Å². The minimum Gasteiger partial charge on any atom is -0.369 e. The third-order valence-electron chi connectivity index (χ3n) is 4.16. The molecule has 0 amide bonds. The van der Waals surface area contributed by atoms with Gasteiger partial charge in [-0.25, -0.2) is 14.4 Å². The van der Waals surface area contributed by atoms with Crippen molar-refractivity contribution in [2.75, 3.05) is 17.2 Å². The molecule has 0 saturated heterocycles. The summed E-state index contributed by atoms with van der Waals surface area (Å²) in [6.07, 6.45) is 3.93. The van der Waals surface area contributed by atoms with E-state index in [0.717, 1.165) is 29.2 Å². The van der Waals surface area contributed by atoms with Crippen LogP contribution < -0.4 is 10.6 Å². The summed E-state index contributed by atoms with van der Waals surface area (Å²) in [5.74, 6) is 0.750. The third kappa shape index (κ3) is 3.60. The molecule has 1 aliphatic rings. The van der Waals surface area contributed by atoms with E-state index in [-0.39, 0.29) is 18.3 Å². The first-order valence-electron chi connectivity index (χ1n) is 7.98. The molecule has 4 rings (SSSR count).